The number of rotatable bonds is 3. The van der Waals surface area contributed by atoms with Gasteiger partial charge in [-0.25, -0.2) is 0 Å². The largest absolute Gasteiger partial charge is 0.277 e. The summed E-state index contributed by atoms with van der Waals surface area (Å²) in [6.07, 6.45) is 1.34. The van der Waals surface area contributed by atoms with Crippen LogP contribution in [0.1, 0.15) is 32.7 Å². The van der Waals surface area contributed by atoms with Crippen LogP contribution in [-0.4, -0.2) is 9.13 Å². The predicted octanol–water partition coefficient (Wildman–Crippen LogP) is 0.811. The second kappa shape index (κ2) is 4.76. The van der Waals surface area contributed by atoms with Crippen molar-refractivity contribution in [2.75, 3.05) is 0 Å². The van der Waals surface area contributed by atoms with Crippen LogP contribution in [0.4, 0.5) is 0 Å². The summed E-state index contributed by atoms with van der Waals surface area (Å²) in [5.41, 5.74) is -1.65. The first-order valence-corrected chi connectivity index (χ1v) is 7.30. The summed E-state index contributed by atoms with van der Waals surface area (Å²) < 4.78 is 2.24. The van der Waals surface area contributed by atoms with Gasteiger partial charge in [0.2, 0.25) is 0 Å². The Morgan fingerprint density at radius 2 is 1.14 bits per heavy atom. The highest BCUT2D eigenvalue weighted by molar-refractivity contribution is 5.97. The van der Waals surface area contributed by atoms with E-state index in [4.69, 9.17) is 0 Å². The summed E-state index contributed by atoms with van der Waals surface area (Å²) in [5, 5.41) is 0.816. The molecular weight excluding hydrogens is 284 g/mol. The number of hydrogen-bond donors (Lipinski definition) is 0. The Morgan fingerprint density at radius 1 is 0.773 bits per heavy atom. The summed E-state index contributed by atoms with van der Waals surface area (Å²) >= 11 is 0. The molecule has 0 aliphatic carbocycles. The van der Waals surface area contributed by atoms with Crippen LogP contribution >= 0.6 is 0 Å². The molecule has 114 valence electrons. The summed E-state index contributed by atoms with van der Waals surface area (Å²) in [4.78, 5) is 49.1. The molecular formula is C16H16N2O4. The molecule has 0 saturated heterocycles. The van der Waals surface area contributed by atoms with E-state index in [2.05, 4.69) is 0 Å². The van der Waals surface area contributed by atoms with Crippen LogP contribution in [-0.2, 0) is 7.05 Å². The Balaban J connectivity index is 2.53. The topological polar surface area (TPSA) is 78.1 Å². The lowest BCUT2D eigenvalue weighted by molar-refractivity contribution is 0.455. The first kappa shape index (κ1) is 14.4. The second-order valence-electron chi connectivity index (χ2n) is 5.56. The van der Waals surface area contributed by atoms with Crippen molar-refractivity contribution in [3.63, 3.8) is 0 Å². The third-order valence-electron chi connectivity index (χ3n) is 4.43. The molecule has 0 unspecified atom stereocenters. The Labute approximate surface area is 124 Å². The highest BCUT2D eigenvalue weighted by atomic mass is 16.2. The van der Waals surface area contributed by atoms with Crippen molar-refractivity contribution < 1.29 is 0 Å². The minimum Gasteiger partial charge on any atom is -0.277 e. The molecule has 3 aromatic rings. The van der Waals surface area contributed by atoms with E-state index in [1.165, 1.54) is 23.7 Å². The SMILES string of the molecule is CCC(CC)n1c(=O)c2cc3c(=O)n(C)c(=O)c3cc2c1=O. The molecule has 6 nitrogen and oxygen atoms in total. The average Bonchev–Trinajstić information content (AvgIpc) is 2.88. The lowest BCUT2D eigenvalue weighted by Gasteiger charge is -2.11. The third-order valence-corrected chi connectivity index (χ3v) is 4.43. The minimum absolute atomic E-state index is 0.170. The molecule has 0 amide bonds. The maximum absolute atomic E-state index is 12.5. The third kappa shape index (κ3) is 1.66. The van der Waals surface area contributed by atoms with Crippen LogP contribution in [0.15, 0.2) is 31.3 Å². The molecule has 0 radical (unpaired) electrons. The van der Waals surface area contributed by atoms with Crippen LogP contribution in [0.2, 0.25) is 0 Å². The summed E-state index contributed by atoms with van der Waals surface area (Å²) in [7, 11) is 1.38. The van der Waals surface area contributed by atoms with Gasteiger partial charge in [0.25, 0.3) is 22.2 Å². The first-order chi connectivity index (χ1) is 10.4. The van der Waals surface area contributed by atoms with Crippen LogP contribution in [0.5, 0.6) is 0 Å². The predicted molar refractivity (Wildman–Crippen MR) is 85.5 cm³/mol. The maximum atomic E-state index is 12.5. The van der Waals surface area contributed by atoms with Crippen molar-refractivity contribution >= 4 is 21.5 Å². The van der Waals surface area contributed by atoms with E-state index in [-0.39, 0.29) is 38.7 Å². The van der Waals surface area contributed by atoms with Crippen molar-refractivity contribution in [2.45, 2.75) is 32.7 Å². The van der Waals surface area contributed by atoms with Crippen LogP contribution in [0.25, 0.3) is 21.5 Å². The summed E-state index contributed by atoms with van der Waals surface area (Å²) in [5.74, 6) is 0. The fourth-order valence-electron chi connectivity index (χ4n) is 3.10. The van der Waals surface area contributed by atoms with Gasteiger partial charge in [-0.1, -0.05) is 13.8 Å². The second-order valence-corrected chi connectivity index (χ2v) is 5.56. The molecule has 2 aromatic heterocycles. The van der Waals surface area contributed by atoms with Crippen molar-refractivity contribution in [3.05, 3.63) is 53.5 Å². The lowest BCUT2D eigenvalue weighted by atomic mass is 10.1. The smallest absolute Gasteiger partial charge is 0.261 e. The molecule has 1 aromatic carbocycles. The van der Waals surface area contributed by atoms with Gasteiger partial charge in [-0.3, -0.25) is 28.3 Å². The molecule has 2 heterocycles. The quantitative estimate of drug-likeness (QED) is 0.717. The lowest BCUT2D eigenvalue weighted by Crippen LogP contribution is -2.29. The molecule has 3 rings (SSSR count). The van der Waals surface area contributed by atoms with Gasteiger partial charge in [0.1, 0.15) is 0 Å². The van der Waals surface area contributed by atoms with Gasteiger partial charge >= 0.3 is 0 Å². The molecule has 0 saturated carbocycles. The van der Waals surface area contributed by atoms with Gasteiger partial charge in [-0.2, -0.15) is 0 Å². The number of benzene rings is 1. The van der Waals surface area contributed by atoms with E-state index >= 15 is 0 Å². The van der Waals surface area contributed by atoms with Gasteiger partial charge in [0.05, 0.1) is 21.5 Å². The Bertz CT molecular complexity index is 1010. The summed E-state index contributed by atoms with van der Waals surface area (Å²) in [6.45, 7) is 3.83. The molecule has 22 heavy (non-hydrogen) atoms. The normalized spacial score (nSPS) is 12.0. The van der Waals surface area contributed by atoms with Gasteiger partial charge in [0, 0.05) is 13.1 Å². The number of aromatic nitrogens is 2. The van der Waals surface area contributed by atoms with E-state index < -0.39 is 11.1 Å². The fraction of sp³-hybridized carbons (Fsp3) is 0.375. The Hall–Kier alpha value is -2.50. The fourth-order valence-corrected chi connectivity index (χ4v) is 3.10. The Kier molecular flexibility index (Phi) is 3.12. The van der Waals surface area contributed by atoms with Crippen molar-refractivity contribution in [1.29, 1.82) is 0 Å². The standard InChI is InChI=1S/C16H16N2O4/c1-4-8(5-2)18-15(21)11-6-9-10(7-12(11)16(18)22)14(20)17(3)13(9)19/h6-8H,4-5H2,1-3H3. The highest BCUT2D eigenvalue weighted by Crippen LogP contribution is 2.17. The Morgan fingerprint density at radius 3 is 1.50 bits per heavy atom. The zero-order valence-electron chi connectivity index (χ0n) is 12.7. The van der Waals surface area contributed by atoms with E-state index in [0.717, 1.165) is 4.57 Å². The zero-order chi connectivity index (χ0) is 16.2. The molecule has 0 atom stereocenters. The first-order valence-electron chi connectivity index (χ1n) is 7.30. The molecule has 6 heteroatoms. The van der Waals surface area contributed by atoms with Crippen LogP contribution in [0.3, 0.4) is 0 Å². The monoisotopic (exact) mass is 300 g/mol. The van der Waals surface area contributed by atoms with Gasteiger partial charge in [0.15, 0.2) is 0 Å². The van der Waals surface area contributed by atoms with E-state index in [9.17, 15) is 19.2 Å². The highest BCUT2D eigenvalue weighted by Gasteiger charge is 2.21. The van der Waals surface area contributed by atoms with Crippen molar-refractivity contribution in [3.8, 4) is 0 Å². The number of fused-ring (bicyclic) bond motifs is 2. The molecule has 0 aliphatic heterocycles. The zero-order valence-corrected chi connectivity index (χ0v) is 12.7. The van der Waals surface area contributed by atoms with Crippen LogP contribution < -0.4 is 22.2 Å². The summed E-state index contributed by atoms with van der Waals surface area (Å²) in [6, 6.07) is 2.60. The minimum atomic E-state index is -0.441. The van der Waals surface area contributed by atoms with E-state index in [1.54, 1.807) is 0 Å². The van der Waals surface area contributed by atoms with Crippen molar-refractivity contribution in [2.24, 2.45) is 7.05 Å². The molecule has 0 aliphatic rings. The molecule has 0 N–H and O–H groups in total. The van der Waals surface area contributed by atoms with E-state index in [0.29, 0.717) is 12.8 Å². The molecule has 0 spiro atoms. The van der Waals surface area contributed by atoms with Gasteiger partial charge in [-0.05, 0) is 25.0 Å². The molecule has 0 bridgehead atoms. The van der Waals surface area contributed by atoms with Gasteiger partial charge < -0.3 is 0 Å². The van der Waals surface area contributed by atoms with Gasteiger partial charge in [-0.15, -0.1) is 0 Å². The number of nitrogens with zero attached hydrogens (tertiary/aromatic N) is 2. The number of hydrogen-bond acceptors (Lipinski definition) is 4. The average molecular weight is 300 g/mol. The van der Waals surface area contributed by atoms with E-state index in [1.807, 2.05) is 13.8 Å². The van der Waals surface area contributed by atoms with Crippen LogP contribution in [0, 0.1) is 0 Å². The van der Waals surface area contributed by atoms with Crippen molar-refractivity contribution in [1.82, 2.24) is 9.13 Å². The maximum Gasteiger partial charge on any atom is 0.261 e. The molecule has 0 fully saturated rings.